The standard InChI is InChI=1S/C13H22BrN3/c1-9(2)13(8-17(3)4)16-12-7-10(14)5-6-11(12)15/h5-7,9,13,16H,8,15H2,1-4H3. The number of nitrogens with zero attached hydrogens (tertiary/aromatic N) is 1. The summed E-state index contributed by atoms with van der Waals surface area (Å²) < 4.78 is 1.04. The molecular formula is C13H22BrN3. The van der Waals surface area contributed by atoms with E-state index in [-0.39, 0.29) is 0 Å². The zero-order valence-corrected chi connectivity index (χ0v) is 12.6. The molecule has 0 amide bonds. The molecule has 0 radical (unpaired) electrons. The Morgan fingerprint density at radius 1 is 1.35 bits per heavy atom. The summed E-state index contributed by atoms with van der Waals surface area (Å²) in [5, 5.41) is 3.52. The largest absolute Gasteiger partial charge is 0.397 e. The van der Waals surface area contributed by atoms with Crippen molar-refractivity contribution in [2.45, 2.75) is 19.9 Å². The van der Waals surface area contributed by atoms with Gasteiger partial charge in [0.15, 0.2) is 0 Å². The number of likely N-dealkylation sites (N-methyl/N-ethyl adjacent to an activating group) is 1. The lowest BCUT2D eigenvalue weighted by Gasteiger charge is -2.27. The Morgan fingerprint density at radius 3 is 2.53 bits per heavy atom. The van der Waals surface area contributed by atoms with Gasteiger partial charge in [-0.1, -0.05) is 29.8 Å². The molecule has 0 aromatic heterocycles. The molecule has 0 heterocycles. The smallest absolute Gasteiger partial charge is 0.0587 e. The van der Waals surface area contributed by atoms with Gasteiger partial charge in [0, 0.05) is 17.1 Å². The first-order valence-electron chi connectivity index (χ1n) is 5.86. The van der Waals surface area contributed by atoms with Crippen LogP contribution in [0.3, 0.4) is 0 Å². The van der Waals surface area contributed by atoms with Crippen molar-refractivity contribution in [2.24, 2.45) is 5.92 Å². The second kappa shape index (κ2) is 6.26. The summed E-state index contributed by atoms with van der Waals surface area (Å²) >= 11 is 3.47. The van der Waals surface area contributed by atoms with Gasteiger partial charge in [-0.15, -0.1) is 0 Å². The van der Waals surface area contributed by atoms with Crippen LogP contribution in [0.1, 0.15) is 13.8 Å². The molecule has 0 aliphatic rings. The van der Waals surface area contributed by atoms with Crippen molar-refractivity contribution in [1.82, 2.24) is 4.90 Å². The van der Waals surface area contributed by atoms with Crippen LogP contribution in [-0.4, -0.2) is 31.6 Å². The zero-order valence-electron chi connectivity index (χ0n) is 11.0. The molecule has 1 rings (SSSR count). The number of hydrogen-bond acceptors (Lipinski definition) is 3. The third-order valence-corrected chi connectivity index (χ3v) is 3.22. The number of halogens is 1. The molecule has 0 spiro atoms. The minimum atomic E-state index is 0.390. The predicted octanol–water partition coefficient (Wildman–Crippen LogP) is 3.03. The number of nitrogens with two attached hydrogens (primary N) is 1. The number of rotatable bonds is 5. The monoisotopic (exact) mass is 299 g/mol. The number of nitrogens with one attached hydrogen (secondary N) is 1. The number of anilines is 2. The van der Waals surface area contributed by atoms with Gasteiger partial charge in [-0.05, 0) is 38.2 Å². The average molecular weight is 300 g/mol. The normalized spacial score (nSPS) is 13.1. The average Bonchev–Trinajstić information content (AvgIpc) is 2.21. The Balaban J connectivity index is 2.81. The van der Waals surface area contributed by atoms with Gasteiger partial charge in [-0.25, -0.2) is 0 Å². The van der Waals surface area contributed by atoms with Gasteiger partial charge in [0.2, 0.25) is 0 Å². The molecule has 0 aliphatic carbocycles. The van der Waals surface area contributed by atoms with Crippen LogP contribution in [0.25, 0.3) is 0 Å². The highest BCUT2D eigenvalue weighted by Gasteiger charge is 2.15. The van der Waals surface area contributed by atoms with Crippen LogP contribution in [0, 0.1) is 5.92 Å². The van der Waals surface area contributed by atoms with Gasteiger partial charge >= 0.3 is 0 Å². The van der Waals surface area contributed by atoms with E-state index >= 15 is 0 Å². The van der Waals surface area contributed by atoms with E-state index in [1.807, 2.05) is 18.2 Å². The second-order valence-corrected chi connectivity index (χ2v) is 5.90. The van der Waals surface area contributed by atoms with Crippen molar-refractivity contribution in [3.63, 3.8) is 0 Å². The van der Waals surface area contributed by atoms with Gasteiger partial charge in [-0.3, -0.25) is 0 Å². The van der Waals surface area contributed by atoms with Crippen molar-refractivity contribution >= 4 is 27.3 Å². The van der Waals surface area contributed by atoms with Gasteiger partial charge < -0.3 is 16.0 Å². The van der Waals surface area contributed by atoms with E-state index < -0.39 is 0 Å². The maximum Gasteiger partial charge on any atom is 0.0587 e. The highest BCUT2D eigenvalue weighted by molar-refractivity contribution is 9.10. The second-order valence-electron chi connectivity index (χ2n) is 4.99. The van der Waals surface area contributed by atoms with E-state index in [1.54, 1.807) is 0 Å². The van der Waals surface area contributed by atoms with Gasteiger partial charge in [-0.2, -0.15) is 0 Å². The minimum absolute atomic E-state index is 0.390. The number of hydrogen-bond donors (Lipinski definition) is 2. The number of nitrogen functional groups attached to an aromatic ring is 1. The quantitative estimate of drug-likeness (QED) is 0.821. The zero-order chi connectivity index (χ0) is 13.0. The van der Waals surface area contributed by atoms with Crippen LogP contribution in [0.5, 0.6) is 0 Å². The van der Waals surface area contributed by atoms with Crippen LogP contribution >= 0.6 is 15.9 Å². The highest BCUT2D eigenvalue weighted by Crippen LogP contribution is 2.25. The fourth-order valence-electron chi connectivity index (χ4n) is 1.67. The topological polar surface area (TPSA) is 41.3 Å². The summed E-state index contributed by atoms with van der Waals surface area (Å²) in [6.45, 7) is 5.42. The summed E-state index contributed by atoms with van der Waals surface area (Å²) in [6.07, 6.45) is 0. The fraction of sp³-hybridized carbons (Fsp3) is 0.538. The van der Waals surface area contributed by atoms with Crippen LogP contribution < -0.4 is 11.1 Å². The highest BCUT2D eigenvalue weighted by atomic mass is 79.9. The SMILES string of the molecule is CC(C)C(CN(C)C)Nc1cc(Br)ccc1N. The van der Waals surface area contributed by atoms with Crippen LogP contribution in [0.4, 0.5) is 11.4 Å². The van der Waals surface area contributed by atoms with Gasteiger partial charge in [0.1, 0.15) is 0 Å². The first-order chi connectivity index (χ1) is 7.90. The molecule has 17 heavy (non-hydrogen) atoms. The van der Waals surface area contributed by atoms with Crippen molar-refractivity contribution in [3.05, 3.63) is 22.7 Å². The molecule has 0 fully saturated rings. The first kappa shape index (κ1) is 14.3. The van der Waals surface area contributed by atoms with Crippen molar-refractivity contribution in [1.29, 1.82) is 0 Å². The molecule has 4 heteroatoms. The van der Waals surface area contributed by atoms with E-state index in [2.05, 4.69) is 54.1 Å². The van der Waals surface area contributed by atoms with Crippen LogP contribution in [-0.2, 0) is 0 Å². The Labute approximate surface area is 113 Å². The molecule has 0 saturated carbocycles. The molecule has 3 N–H and O–H groups in total. The summed E-state index contributed by atoms with van der Waals surface area (Å²) in [5.74, 6) is 0.552. The van der Waals surface area contributed by atoms with Gasteiger partial charge in [0.25, 0.3) is 0 Å². The lowest BCUT2D eigenvalue weighted by Crippen LogP contribution is -2.36. The molecule has 0 bridgehead atoms. The first-order valence-corrected chi connectivity index (χ1v) is 6.65. The lowest BCUT2D eigenvalue weighted by molar-refractivity contribution is 0.344. The van der Waals surface area contributed by atoms with Crippen molar-refractivity contribution in [2.75, 3.05) is 31.7 Å². The maximum absolute atomic E-state index is 5.97. The molecular weight excluding hydrogens is 278 g/mol. The lowest BCUT2D eigenvalue weighted by atomic mass is 10.0. The van der Waals surface area contributed by atoms with Crippen LogP contribution in [0.2, 0.25) is 0 Å². The van der Waals surface area contributed by atoms with E-state index in [0.29, 0.717) is 12.0 Å². The summed E-state index contributed by atoms with van der Waals surface area (Å²) in [4.78, 5) is 2.19. The molecule has 1 unspecified atom stereocenters. The molecule has 96 valence electrons. The van der Waals surface area contributed by atoms with E-state index in [0.717, 1.165) is 22.4 Å². The molecule has 0 saturated heterocycles. The van der Waals surface area contributed by atoms with Gasteiger partial charge in [0.05, 0.1) is 11.4 Å². The number of benzene rings is 1. The van der Waals surface area contributed by atoms with Crippen molar-refractivity contribution in [3.8, 4) is 0 Å². The third-order valence-electron chi connectivity index (χ3n) is 2.72. The minimum Gasteiger partial charge on any atom is -0.397 e. The molecule has 1 aromatic carbocycles. The van der Waals surface area contributed by atoms with Crippen molar-refractivity contribution < 1.29 is 0 Å². The molecule has 0 aliphatic heterocycles. The molecule has 1 atom stereocenters. The summed E-state index contributed by atoms with van der Waals surface area (Å²) in [5.41, 5.74) is 7.76. The Bertz CT molecular complexity index is 364. The Kier molecular flexibility index (Phi) is 5.28. The van der Waals surface area contributed by atoms with E-state index in [1.165, 1.54) is 0 Å². The van der Waals surface area contributed by atoms with Crippen LogP contribution in [0.15, 0.2) is 22.7 Å². The fourth-order valence-corrected chi connectivity index (χ4v) is 2.03. The summed E-state index contributed by atoms with van der Waals surface area (Å²) in [6, 6.07) is 6.29. The van der Waals surface area contributed by atoms with E-state index in [4.69, 9.17) is 5.73 Å². The Morgan fingerprint density at radius 2 is 2.00 bits per heavy atom. The Hall–Kier alpha value is -0.740. The third kappa shape index (κ3) is 4.56. The maximum atomic E-state index is 5.97. The van der Waals surface area contributed by atoms with E-state index in [9.17, 15) is 0 Å². The molecule has 1 aromatic rings. The predicted molar refractivity (Wildman–Crippen MR) is 79.4 cm³/mol. The summed E-state index contributed by atoms with van der Waals surface area (Å²) in [7, 11) is 4.17. The molecule has 3 nitrogen and oxygen atoms in total.